The third kappa shape index (κ3) is 6.21. The van der Waals surface area contributed by atoms with Crippen molar-refractivity contribution in [3.8, 4) is 0 Å². The fourth-order valence-electron chi connectivity index (χ4n) is 3.51. The van der Waals surface area contributed by atoms with Crippen molar-refractivity contribution < 1.29 is 0 Å². The largest absolute Gasteiger partial charge is 0.368 e. The van der Waals surface area contributed by atoms with Crippen LogP contribution in [-0.4, -0.2) is 61.7 Å². The molecule has 1 atom stereocenters. The molecule has 2 heterocycles. The molecular formula is C20H31IN6. The fraction of sp³-hybridized carbons (Fsp3) is 0.500. The van der Waals surface area contributed by atoms with Crippen LogP contribution >= 0.6 is 24.0 Å². The van der Waals surface area contributed by atoms with E-state index in [9.17, 15) is 0 Å². The number of fused-ring (bicyclic) bond motifs is 1. The first-order valence-electron chi connectivity index (χ1n) is 9.58. The summed E-state index contributed by atoms with van der Waals surface area (Å²) in [5.74, 6) is 1.76. The number of likely N-dealkylation sites (tertiary alicyclic amines) is 1. The van der Waals surface area contributed by atoms with E-state index in [1.165, 1.54) is 19.4 Å². The first-order valence-corrected chi connectivity index (χ1v) is 9.58. The number of benzene rings is 1. The van der Waals surface area contributed by atoms with E-state index in [2.05, 4.69) is 49.9 Å². The average molecular weight is 482 g/mol. The van der Waals surface area contributed by atoms with Crippen molar-refractivity contribution in [2.75, 3.05) is 45.1 Å². The monoisotopic (exact) mass is 482 g/mol. The molecule has 27 heavy (non-hydrogen) atoms. The standard InChI is InChI=1S/C20H30N6.HI/c1-3-26-14-6-8-17(26)15-24-20(21-2)23-13-12-22-19-11-10-16-7-4-5-9-18(16)25-19;/h4-5,7,9-11,17H,3,6,8,12-15H2,1-2H3,(H,22,25)(H2,21,23,24);1H. The van der Waals surface area contributed by atoms with Gasteiger partial charge in [-0.2, -0.15) is 0 Å². The molecule has 2 aromatic rings. The van der Waals surface area contributed by atoms with Crippen molar-refractivity contribution in [1.29, 1.82) is 0 Å². The van der Waals surface area contributed by atoms with E-state index in [1.54, 1.807) is 0 Å². The van der Waals surface area contributed by atoms with Gasteiger partial charge in [-0.25, -0.2) is 4.98 Å². The number of likely N-dealkylation sites (N-methyl/N-ethyl adjacent to an activating group) is 1. The summed E-state index contributed by atoms with van der Waals surface area (Å²) in [5.41, 5.74) is 1.01. The lowest BCUT2D eigenvalue weighted by Gasteiger charge is -2.24. The van der Waals surface area contributed by atoms with Gasteiger partial charge in [0.25, 0.3) is 0 Å². The third-order valence-corrected chi connectivity index (χ3v) is 4.96. The number of aliphatic imine (C=N–C) groups is 1. The molecule has 1 aromatic heterocycles. The summed E-state index contributed by atoms with van der Waals surface area (Å²) in [6.07, 6.45) is 2.57. The number of rotatable bonds is 7. The van der Waals surface area contributed by atoms with Crippen LogP contribution in [-0.2, 0) is 0 Å². The van der Waals surface area contributed by atoms with Crippen molar-refractivity contribution in [2.24, 2.45) is 4.99 Å². The molecule has 1 fully saturated rings. The van der Waals surface area contributed by atoms with Crippen LogP contribution in [0.15, 0.2) is 41.4 Å². The molecule has 0 amide bonds. The van der Waals surface area contributed by atoms with E-state index >= 15 is 0 Å². The molecule has 7 heteroatoms. The molecule has 1 aliphatic rings. The molecule has 1 unspecified atom stereocenters. The van der Waals surface area contributed by atoms with Crippen LogP contribution in [0.1, 0.15) is 19.8 Å². The van der Waals surface area contributed by atoms with Crippen molar-refractivity contribution in [3.63, 3.8) is 0 Å². The lowest BCUT2D eigenvalue weighted by Crippen LogP contribution is -2.45. The summed E-state index contributed by atoms with van der Waals surface area (Å²) in [6, 6.07) is 12.9. The number of hydrogen-bond acceptors (Lipinski definition) is 4. The van der Waals surface area contributed by atoms with Gasteiger partial charge in [0.15, 0.2) is 5.96 Å². The van der Waals surface area contributed by atoms with Gasteiger partial charge < -0.3 is 16.0 Å². The van der Waals surface area contributed by atoms with Gasteiger partial charge in [0.2, 0.25) is 0 Å². The molecule has 0 spiro atoms. The van der Waals surface area contributed by atoms with Crippen molar-refractivity contribution in [1.82, 2.24) is 20.5 Å². The highest BCUT2D eigenvalue weighted by molar-refractivity contribution is 14.0. The molecule has 0 aliphatic carbocycles. The molecule has 3 rings (SSSR count). The Hall–Kier alpha value is -1.61. The van der Waals surface area contributed by atoms with Gasteiger partial charge in [-0.3, -0.25) is 9.89 Å². The second-order valence-electron chi connectivity index (χ2n) is 6.62. The van der Waals surface area contributed by atoms with Crippen LogP contribution in [0.25, 0.3) is 10.9 Å². The average Bonchev–Trinajstić information content (AvgIpc) is 3.15. The highest BCUT2D eigenvalue weighted by atomic mass is 127. The minimum Gasteiger partial charge on any atom is -0.368 e. The van der Waals surface area contributed by atoms with Gasteiger partial charge >= 0.3 is 0 Å². The topological polar surface area (TPSA) is 64.6 Å². The first-order chi connectivity index (χ1) is 12.8. The predicted molar refractivity (Wildman–Crippen MR) is 125 cm³/mol. The number of halogens is 1. The molecule has 148 valence electrons. The number of para-hydroxylation sites is 1. The van der Waals surface area contributed by atoms with Gasteiger partial charge in [0, 0.05) is 38.1 Å². The van der Waals surface area contributed by atoms with E-state index in [-0.39, 0.29) is 24.0 Å². The first kappa shape index (κ1) is 21.7. The van der Waals surface area contributed by atoms with E-state index in [4.69, 9.17) is 0 Å². The minimum atomic E-state index is 0. The number of nitrogens with zero attached hydrogens (tertiary/aromatic N) is 3. The van der Waals surface area contributed by atoms with Crippen LogP contribution in [0.4, 0.5) is 5.82 Å². The van der Waals surface area contributed by atoms with Gasteiger partial charge in [-0.05, 0) is 44.1 Å². The van der Waals surface area contributed by atoms with Crippen molar-refractivity contribution in [2.45, 2.75) is 25.8 Å². The zero-order valence-corrected chi connectivity index (χ0v) is 18.6. The van der Waals surface area contributed by atoms with Gasteiger partial charge in [-0.1, -0.05) is 25.1 Å². The predicted octanol–water partition coefficient (Wildman–Crippen LogP) is 2.91. The van der Waals surface area contributed by atoms with Gasteiger partial charge in [0.05, 0.1) is 5.52 Å². The molecule has 0 saturated carbocycles. The Kier molecular flexibility index (Phi) is 9.06. The number of hydrogen-bond donors (Lipinski definition) is 3. The number of pyridine rings is 1. The highest BCUT2D eigenvalue weighted by Gasteiger charge is 2.22. The molecule has 1 aliphatic heterocycles. The van der Waals surface area contributed by atoms with Crippen LogP contribution in [0.2, 0.25) is 0 Å². The van der Waals surface area contributed by atoms with Gasteiger partial charge in [-0.15, -0.1) is 24.0 Å². The smallest absolute Gasteiger partial charge is 0.191 e. The molecule has 1 saturated heterocycles. The molecule has 1 aromatic carbocycles. The van der Waals surface area contributed by atoms with Crippen molar-refractivity contribution in [3.05, 3.63) is 36.4 Å². The molecular weight excluding hydrogens is 451 g/mol. The number of guanidine groups is 1. The quantitative estimate of drug-likeness (QED) is 0.245. The maximum atomic E-state index is 4.63. The Balaban J connectivity index is 0.00000261. The molecule has 0 radical (unpaired) electrons. The molecule has 3 N–H and O–H groups in total. The second-order valence-corrected chi connectivity index (χ2v) is 6.62. The Morgan fingerprint density at radius 1 is 1.19 bits per heavy atom. The summed E-state index contributed by atoms with van der Waals surface area (Å²) in [6.45, 7) is 7.11. The van der Waals surface area contributed by atoms with Crippen LogP contribution < -0.4 is 16.0 Å². The van der Waals surface area contributed by atoms with E-state index in [0.29, 0.717) is 6.04 Å². The maximum absolute atomic E-state index is 4.63. The number of aromatic nitrogens is 1. The fourth-order valence-corrected chi connectivity index (χ4v) is 3.51. The zero-order valence-electron chi connectivity index (χ0n) is 16.2. The Labute approximate surface area is 179 Å². The lowest BCUT2D eigenvalue weighted by atomic mass is 10.2. The molecule has 0 bridgehead atoms. The normalized spacial score (nSPS) is 17.6. The SMILES string of the molecule is CCN1CCCC1CNC(=NC)NCCNc1ccc2ccccc2n1.I. The molecule has 6 nitrogen and oxygen atoms in total. The zero-order chi connectivity index (χ0) is 18.2. The van der Waals surface area contributed by atoms with Crippen molar-refractivity contribution >= 4 is 46.7 Å². The Bertz CT molecular complexity index is 735. The summed E-state index contributed by atoms with van der Waals surface area (Å²) >= 11 is 0. The second kappa shape index (κ2) is 11.3. The third-order valence-electron chi connectivity index (χ3n) is 4.96. The Morgan fingerprint density at radius 2 is 2.04 bits per heavy atom. The van der Waals surface area contributed by atoms with Gasteiger partial charge in [0.1, 0.15) is 5.82 Å². The summed E-state index contributed by atoms with van der Waals surface area (Å²) < 4.78 is 0. The summed E-state index contributed by atoms with van der Waals surface area (Å²) in [5, 5.41) is 11.3. The minimum absolute atomic E-state index is 0. The Morgan fingerprint density at radius 3 is 2.85 bits per heavy atom. The summed E-state index contributed by atoms with van der Waals surface area (Å²) in [7, 11) is 1.82. The van der Waals surface area contributed by atoms with Crippen LogP contribution in [0.3, 0.4) is 0 Å². The van der Waals surface area contributed by atoms with E-state index < -0.39 is 0 Å². The van der Waals surface area contributed by atoms with E-state index in [1.807, 2.05) is 31.3 Å². The highest BCUT2D eigenvalue weighted by Crippen LogP contribution is 2.15. The number of anilines is 1. The van der Waals surface area contributed by atoms with E-state index in [0.717, 1.165) is 48.9 Å². The lowest BCUT2D eigenvalue weighted by molar-refractivity contribution is 0.267. The summed E-state index contributed by atoms with van der Waals surface area (Å²) in [4.78, 5) is 11.5. The van der Waals surface area contributed by atoms with Crippen LogP contribution in [0, 0.1) is 0 Å². The number of nitrogens with one attached hydrogen (secondary N) is 3. The maximum Gasteiger partial charge on any atom is 0.191 e. The van der Waals surface area contributed by atoms with Crippen LogP contribution in [0.5, 0.6) is 0 Å².